The molecule has 1 N–H and O–H groups in total. The van der Waals surface area contributed by atoms with Gasteiger partial charge in [0.15, 0.2) is 12.0 Å². The highest BCUT2D eigenvalue weighted by molar-refractivity contribution is 7.92. The van der Waals surface area contributed by atoms with Gasteiger partial charge in [0.25, 0.3) is 10.0 Å². The average Bonchev–Trinajstić information content (AvgIpc) is 2.94. The van der Waals surface area contributed by atoms with E-state index in [1.165, 1.54) is 6.39 Å². The summed E-state index contributed by atoms with van der Waals surface area (Å²) >= 11 is 0. The van der Waals surface area contributed by atoms with Crippen molar-refractivity contribution in [2.24, 2.45) is 0 Å². The summed E-state index contributed by atoms with van der Waals surface area (Å²) in [5.74, 6) is 0. The minimum atomic E-state index is -3.60. The number of sulfonamides is 1. The molecule has 0 aliphatic heterocycles. The van der Waals surface area contributed by atoms with Gasteiger partial charge in [-0.3, -0.25) is 4.72 Å². The number of hydrogen-bond donors (Lipinski definition) is 1. The van der Waals surface area contributed by atoms with Gasteiger partial charge in [0.1, 0.15) is 5.52 Å². The Morgan fingerprint density at radius 3 is 2.62 bits per heavy atom. The normalized spacial score (nSPS) is 11.7. The zero-order chi connectivity index (χ0) is 14.9. The van der Waals surface area contributed by atoms with Crippen LogP contribution in [0.1, 0.15) is 12.5 Å². The highest BCUT2D eigenvalue weighted by Gasteiger charge is 2.14. The summed E-state index contributed by atoms with van der Waals surface area (Å²) in [5, 5.41) is 0. The molecule has 3 aromatic rings. The smallest absolute Gasteiger partial charge is 0.261 e. The van der Waals surface area contributed by atoms with Crippen LogP contribution in [0, 0.1) is 0 Å². The van der Waals surface area contributed by atoms with Crippen molar-refractivity contribution in [1.29, 1.82) is 0 Å². The van der Waals surface area contributed by atoms with Gasteiger partial charge in [-0.05, 0) is 36.2 Å². The second-order valence-electron chi connectivity index (χ2n) is 4.64. The molecule has 0 atom stereocenters. The van der Waals surface area contributed by atoms with Crippen LogP contribution >= 0.6 is 0 Å². The van der Waals surface area contributed by atoms with Crippen LogP contribution in [0.4, 0.5) is 5.69 Å². The van der Waals surface area contributed by atoms with E-state index in [1.807, 2.05) is 19.1 Å². The number of anilines is 1. The van der Waals surface area contributed by atoms with Gasteiger partial charge in [-0.1, -0.05) is 19.1 Å². The topological polar surface area (TPSA) is 72.2 Å². The van der Waals surface area contributed by atoms with E-state index in [4.69, 9.17) is 4.42 Å². The Bertz CT molecular complexity index is 867. The molecule has 0 aliphatic carbocycles. The molecule has 3 rings (SSSR count). The zero-order valence-electron chi connectivity index (χ0n) is 11.4. The fourth-order valence-electron chi connectivity index (χ4n) is 2.04. The van der Waals surface area contributed by atoms with E-state index in [2.05, 4.69) is 9.71 Å². The minimum absolute atomic E-state index is 0.234. The first-order chi connectivity index (χ1) is 10.1. The lowest BCUT2D eigenvalue weighted by atomic mass is 10.2. The standard InChI is InChI=1S/C15H14N2O3S/c1-2-11-3-6-13(7-4-11)21(18,19)17-12-5-8-14-15(9-12)20-10-16-14/h3-10,17H,2H2,1H3. The second-order valence-corrected chi connectivity index (χ2v) is 6.32. The molecule has 0 spiro atoms. The Kier molecular flexibility index (Phi) is 3.39. The molecule has 21 heavy (non-hydrogen) atoms. The number of rotatable bonds is 4. The summed E-state index contributed by atoms with van der Waals surface area (Å²) in [5.41, 5.74) is 2.76. The van der Waals surface area contributed by atoms with Crippen LogP contribution in [0.15, 0.2) is 58.2 Å². The van der Waals surface area contributed by atoms with Crippen LogP contribution in [0.5, 0.6) is 0 Å². The molecule has 1 heterocycles. The van der Waals surface area contributed by atoms with Crippen molar-refractivity contribution < 1.29 is 12.8 Å². The number of aryl methyl sites for hydroxylation is 1. The van der Waals surface area contributed by atoms with E-state index < -0.39 is 10.0 Å². The molecule has 0 saturated carbocycles. The van der Waals surface area contributed by atoms with E-state index in [0.717, 1.165) is 12.0 Å². The molecule has 5 nitrogen and oxygen atoms in total. The van der Waals surface area contributed by atoms with E-state index in [-0.39, 0.29) is 4.90 Å². The lowest BCUT2D eigenvalue weighted by Gasteiger charge is -2.08. The molecule has 0 fully saturated rings. The predicted molar refractivity (Wildman–Crippen MR) is 80.6 cm³/mol. The first-order valence-electron chi connectivity index (χ1n) is 6.53. The number of hydrogen-bond acceptors (Lipinski definition) is 4. The van der Waals surface area contributed by atoms with Crippen molar-refractivity contribution in [2.45, 2.75) is 18.2 Å². The van der Waals surface area contributed by atoms with E-state index >= 15 is 0 Å². The fraction of sp³-hybridized carbons (Fsp3) is 0.133. The highest BCUT2D eigenvalue weighted by atomic mass is 32.2. The maximum atomic E-state index is 12.3. The quantitative estimate of drug-likeness (QED) is 0.803. The summed E-state index contributed by atoms with van der Waals surface area (Å²) in [6.45, 7) is 2.02. The number of benzene rings is 2. The van der Waals surface area contributed by atoms with Gasteiger partial charge in [0.2, 0.25) is 0 Å². The number of oxazole rings is 1. The first kappa shape index (κ1) is 13.6. The van der Waals surface area contributed by atoms with E-state index in [9.17, 15) is 8.42 Å². The fourth-order valence-corrected chi connectivity index (χ4v) is 3.09. The molecule has 0 aliphatic rings. The lowest BCUT2D eigenvalue weighted by molar-refractivity contribution is 0.601. The Morgan fingerprint density at radius 1 is 1.14 bits per heavy atom. The molecule has 0 saturated heterocycles. The van der Waals surface area contributed by atoms with Crippen LogP contribution in [-0.4, -0.2) is 13.4 Å². The lowest BCUT2D eigenvalue weighted by Crippen LogP contribution is -2.12. The third kappa shape index (κ3) is 2.75. The Hall–Kier alpha value is -2.34. The molecule has 1 aromatic heterocycles. The third-order valence-electron chi connectivity index (χ3n) is 3.23. The van der Waals surface area contributed by atoms with Crippen molar-refractivity contribution in [3.8, 4) is 0 Å². The summed E-state index contributed by atoms with van der Waals surface area (Å²) in [6.07, 6.45) is 2.20. The van der Waals surface area contributed by atoms with Crippen LogP contribution in [-0.2, 0) is 16.4 Å². The van der Waals surface area contributed by atoms with Gasteiger partial charge in [-0.2, -0.15) is 0 Å². The monoisotopic (exact) mass is 302 g/mol. The Labute approximate surface area is 122 Å². The number of fused-ring (bicyclic) bond motifs is 1. The van der Waals surface area contributed by atoms with Crippen LogP contribution in [0.25, 0.3) is 11.1 Å². The van der Waals surface area contributed by atoms with Gasteiger partial charge in [0, 0.05) is 6.07 Å². The summed E-state index contributed by atoms with van der Waals surface area (Å²) < 4.78 is 32.3. The second kappa shape index (κ2) is 5.21. The highest BCUT2D eigenvalue weighted by Crippen LogP contribution is 2.21. The van der Waals surface area contributed by atoms with Gasteiger partial charge in [0.05, 0.1) is 10.6 Å². The molecule has 108 valence electrons. The number of nitrogens with zero attached hydrogens (tertiary/aromatic N) is 1. The molecular formula is C15H14N2O3S. The van der Waals surface area contributed by atoms with Crippen LogP contribution in [0.2, 0.25) is 0 Å². The van der Waals surface area contributed by atoms with Crippen molar-refractivity contribution in [3.63, 3.8) is 0 Å². The van der Waals surface area contributed by atoms with Crippen LogP contribution in [0.3, 0.4) is 0 Å². The third-order valence-corrected chi connectivity index (χ3v) is 4.62. The largest absolute Gasteiger partial charge is 0.443 e. The summed E-state index contributed by atoms with van der Waals surface area (Å²) in [7, 11) is -3.60. The van der Waals surface area contributed by atoms with E-state index in [1.54, 1.807) is 30.3 Å². The molecule has 2 aromatic carbocycles. The zero-order valence-corrected chi connectivity index (χ0v) is 12.2. The minimum Gasteiger partial charge on any atom is -0.443 e. The Balaban J connectivity index is 1.90. The number of nitrogens with one attached hydrogen (secondary N) is 1. The van der Waals surface area contributed by atoms with Crippen molar-refractivity contribution in [2.75, 3.05) is 4.72 Å². The molecular weight excluding hydrogens is 288 g/mol. The van der Waals surface area contributed by atoms with Crippen molar-refractivity contribution in [3.05, 3.63) is 54.4 Å². The molecule has 6 heteroatoms. The molecule has 0 amide bonds. The predicted octanol–water partition coefficient (Wildman–Crippen LogP) is 3.19. The molecule has 0 unspecified atom stereocenters. The van der Waals surface area contributed by atoms with Crippen molar-refractivity contribution in [1.82, 2.24) is 4.98 Å². The SMILES string of the molecule is CCc1ccc(S(=O)(=O)Nc2ccc3ncoc3c2)cc1. The van der Waals surface area contributed by atoms with Gasteiger partial charge < -0.3 is 4.42 Å². The van der Waals surface area contributed by atoms with Crippen molar-refractivity contribution >= 4 is 26.8 Å². The van der Waals surface area contributed by atoms with Gasteiger partial charge in [-0.15, -0.1) is 0 Å². The molecule has 0 bridgehead atoms. The maximum Gasteiger partial charge on any atom is 0.261 e. The maximum absolute atomic E-state index is 12.3. The summed E-state index contributed by atoms with van der Waals surface area (Å²) in [4.78, 5) is 4.22. The number of aromatic nitrogens is 1. The average molecular weight is 302 g/mol. The van der Waals surface area contributed by atoms with E-state index in [0.29, 0.717) is 16.8 Å². The Morgan fingerprint density at radius 2 is 1.90 bits per heavy atom. The van der Waals surface area contributed by atoms with Crippen LogP contribution < -0.4 is 4.72 Å². The molecule has 0 radical (unpaired) electrons. The summed E-state index contributed by atoms with van der Waals surface area (Å²) in [6, 6.07) is 11.8. The van der Waals surface area contributed by atoms with Gasteiger partial charge >= 0.3 is 0 Å². The van der Waals surface area contributed by atoms with Gasteiger partial charge in [-0.25, -0.2) is 13.4 Å². The first-order valence-corrected chi connectivity index (χ1v) is 8.02.